The van der Waals surface area contributed by atoms with Crippen LogP contribution in [0.1, 0.15) is 72.1 Å². The lowest BCUT2D eigenvalue weighted by Crippen LogP contribution is -2.48. The van der Waals surface area contributed by atoms with Crippen molar-refractivity contribution in [2.75, 3.05) is 7.05 Å². The lowest BCUT2D eigenvalue weighted by Gasteiger charge is -2.45. The minimum absolute atomic E-state index is 0.625. The number of rotatable bonds is 4. The van der Waals surface area contributed by atoms with E-state index in [0.717, 1.165) is 23.8 Å². The van der Waals surface area contributed by atoms with Crippen LogP contribution < -0.4 is 5.32 Å². The SMILES string of the molecule is CCC1(C(NC)C2CCC(C)C(C)C2)CCCC1. The van der Waals surface area contributed by atoms with Gasteiger partial charge in [0, 0.05) is 6.04 Å². The molecule has 4 unspecified atom stereocenters. The van der Waals surface area contributed by atoms with Crippen molar-refractivity contribution in [3.05, 3.63) is 0 Å². The van der Waals surface area contributed by atoms with Crippen LogP contribution in [0, 0.1) is 23.2 Å². The normalized spacial score (nSPS) is 37.7. The second-order valence-corrected chi connectivity index (χ2v) is 7.22. The van der Waals surface area contributed by atoms with Crippen molar-refractivity contribution < 1.29 is 0 Å². The van der Waals surface area contributed by atoms with E-state index in [2.05, 4.69) is 33.1 Å². The van der Waals surface area contributed by atoms with E-state index in [-0.39, 0.29) is 0 Å². The van der Waals surface area contributed by atoms with Crippen LogP contribution in [0.2, 0.25) is 0 Å². The van der Waals surface area contributed by atoms with Crippen molar-refractivity contribution in [2.24, 2.45) is 23.2 Å². The smallest absolute Gasteiger partial charge is 0.0149 e. The van der Waals surface area contributed by atoms with Crippen molar-refractivity contribution in [1.82, 2.24) is 5.32 Å². The molecule has 0 aromatic rings. The van der Waals surface area contributed by atoms with E-state index in [0.29, 0.717) is 5.41 Å². The molecular formula is C17H33N. The van der Waals surface area contributed by atoms with E-state index < -0.39 is 0 Å². The number of nitrogens with one attached hydrogen (secondary N) is 1. The fourth-order valence-electron chi connectivity index (χ4n) is 4.90. The first kappa shape index (κ1) is 14.4. The Labute approximate surface area is 114 Å². The quantitative estimate of drug-likeness (QED) is 0.769. The lowest BCUT2D eigenvalue weighted by atomic mass is 9.64. The summed E-state index contributed by atoms with van der Waals surface area (Å²) in [7, 11) is 2.21. The Morgan fingerprint density at radius 3 is 2.28 bits per heavy atom. The summed E-state index contributed by atoms with van der Waals surface area (Å²) in [5.74, 6) is 2.80. The molecule has 2 fully saturated rings. The molecule has 2 aliphatic rings. The topological polar surface area (TPSA) is 12.0 Å². The highest BCUT2D eigenvalue weighted by atomic mass is 14.9. The van der Waals surface area contributed by atoms with Crippen LogP contribution in [-0.4, -0.2) is 13.1 Å². The summed E-state index contributed by atoms with van der Waals surface area (Å²) < 4.78 is 0. The summed E-state index contributed by atoms with van der Waals surface area (Å²) in [6.07, 6.45) is 11.6. The summed E-state index contributed by atoms with van der Waals surface area (Å²) in [5, 5.41) is 3.74. The van der Waals surface area contributed by atoms with Crippen molar-refractivity contribution in [3.8, 4) is 0 Å². The van der Waals surface area contributed by atoms with Crippen molar-refractivity contribution in [3.63, 3.8) is 0 Å². The summed E-state index contributed by atoms with van der Waals surface area (Å²) in [6.45, 7) is 7.34. The molecule has 2 rings (SSSR count). The first-order chi connectivity index (χ1) is 8.63. The third-order valence-corrected chi connectivity index (χ3v) is 6.38. The second-order valence-electron chi connectivity index (χ2n) is 7.22. The van der Waals surface area contributed by atoms with E-state index in [1.54, 1.807) is 0 Å². The van der Waals surface area contributed by atoms with Gasteiger partial charge in [0.05, 0.1) is 0 Å². The highest BCUT2D eigenvalue weighted by Crippen LogP contribution is 2.49. The van der Waals surface area contributed by atoms with Crippen molar-refractivity contribution in [2.45, 2.75) is 78.2 Å². The van der Waals surface area contributed by atoms with E-state index >= 15 is 0 Å². The molecule has 0 radical (unpaired) electrons. The minimum atomic E-state index is 0.625. The van der Waals surface area contributed by atoms with Gasteiger partial charge in [-0.15, -0.1) is 0 Å². The molecule has 2 saturated carbocycles. The van der Waals surface area contributed by atoms with Crippen molar-refractivity contribution >= 4 is 0 Å². The third kappa shape index (κ3) is 2.61. The van der Waals surface area contributed by atoms with Gasteiger partial charge in [0.15, 0.2) is 0 Å². The minimum Gasteiger partial charge on any atom is -0.316 e. The summed E-state index contributed by atoms with van der Waals surface area (Å²) in [4.78, 5) is 0. The number of hydrogen-bond acceptors (Lipinski definition) is 1. The summed E-state index contributed by atoms with van der Waals surface area (Å²) in [5.41, 5.74) is 0.625. The molecule has 18 heavy (non-hydrogen) atoms. The van der Waals surface area contributed by atoms with Crippen LogP contribution in [0.25, 0.3) is 0 Å². The Bertz CT molecular complexity index is 254. The van der Waals surface area contributed by atoms with Gasteiger partial charge in [0.2, 0.25) is 0 Å². The van der Waals surface area contributed by atoms with Crippen molar-refractivity contribution in [1.29, 1.82) is 0 Å². The van der Waals surface area contributed by atoms with Gasteiger partial charge in [0.25, 0.3) is 0 Å². The Kier molecular flexibility index (Phi) is 4.75. The van der Waals surface area contributed by atoms with Gasteiger partial charge < -0.3 is 5.32 Å². The molecule has 2 aliphatic carbocycles. The van der Waals surface area contributed by atoms with Gasteiger partial charge in [0.1, 0.15) is 0 Å². The molecular weight excluding hydrogens is 218 g/mol. The second kappa shape index (κ2) is 5.94. The average Bonchev–Trinajstić information content (AvgIpc) is 2.84. The Morgan fingerprint density at radius 1 is 1.11 bits per heavy atom. The van der Waals surface area contributed by atoms with E-state index in [1.807, 2.05) is 0 Å². The van der Waals surface area contributed by atoms with E-state index in [1.165, 1.54) is 51.4 Å². The molecule has 0 aromatic heterocycles. The molecule has 0 aliphatic heterocycles. The first-order valence-electron chi connectivity index (χ1n) is 8.30. The molecule has 0 bridgehead atoms. The molecule has 106 valence electrons. The van der Waals surface area contributed by atoms with Crippen LogP contribution in [0.5, 0.6) is 0 Å². The molecule has 1 heteroatoms. The first-order valence-corrected chi connectivity index (χ1v) is 8.30. The number of hydrogen-bond donors (Lipinski definition) is 1. The molecule has 1 N–H and O–H groups in total. The zero-order valence-electron chi connectivity index (χ0n) is 13.0. The van der Waals surface area contributed by atoms with Crippen LogP contribution in [0.4, 0.5) is 0 Å². The van der Waals surface area contributed by atoms with Gasteiger partial charge >= 0.3 is 0 Å². The maximum absolute atomic E-state index is 3.74. The van der Waals surface area contributed by atoms with Gasteiger partial charge in [-0.05, 0) is 62.3 Å². The third-order valence-electron chi connectivity index (χ3n) is 6.38. The Hall–Kier alpha value is -0.0400. The Morgan fingerprint density at radius 2 is 1.78 bits per heavy atom. The predicted octanol–water partition coefficient (Wildman–Crippen LogP) is 4.62. The van der Waals surface area contributed by atoms with Gasteiger partial charge in [-0.3, -0.25) is 0 Å². The van der Waals surface area contributed by atoms with Gasteiger partial charge in [-0.25, -0.2) is 0 Å². The largest absolute Gasteiger partial charge is 0.316 e. The Balaban J connectivity index is 2.08. The van der Waals surface area contributed by atoms with Crippen LogP contribution in [-0.2, 0) is 0 Å². The van der Waals surface area contributed by atoms with Crippen LogP contribution >= 0.6 is 0 Å². The maximum atomic E-state index is 3.74. The van der Waals surface area contributed by atoms with Crippen LogP contribution in [0.3, 0.4) is 0 Å². The molecule has 0 spiro atoms. The average molecular weight is 251 g/mol. The van der Waals surface area contributed by atoms with Crippen LogP contribution in [0.15, 0.2) is 0 Å². The highest BCUT2D eigenvalue weighted by molar-refractivity contribution is 4.98. The molecule has 0 heterocycles. The molecule has 0 aromatic carbocycles. The van der Waals surface area contributed by atoms with Gasteiger partial charge in [-0.2, -0.15) is 0 Å². The zero-order chi connectivity index (χ0) is 13.2. The fourth-order valence-corrected chi connectivity index (χ4v) is 4.90. The molecule has 0 saturated heterocycles. The van der Waals surface area contributed by atoms with E-state index in [4.69, 9.17) is 0 Å². The standard InChI is InChI=1S/C17H33N/c1-5-17(10-6-7-11-17)16(18-4)15-9-8-13(2)14(3)12-15/h13-16,18H,5-12H2,1-4H3. The summed E-state index contributed by atoms with van der Waals surface area (Å²) >= 11 is 0. The maximum Gasteiger partial charge on any atom is 0.0149 e. The summed E-state index contributed by atoms with van der Waals surface area (Å²) in [6, 6.07) is 0.778. The molecule has 1 nitrogen and oxygen atoms in total. The van der Waals surface area contributed by atoms with Gasteiger partial charge in [-0.1, -0.05) is 40.0 Å². The predicted molar refractivity (Wildman–Crippen MR) is 79.7 cm³/mol. The highest BCUT2D eigenvalue weighted by Gasteiger charge is 2.43. The molecule has 4 atom stereocenters. The fraction of sp³-hybridized carbons (Fsp3) is 1.00. The lowest BCUT2D eigenvalue weighted by molar-refractivity contribution is 0.0848. The zero-order valence-corrected chi connectivity index (χ0v) is 13.0. The monoisotopic (exact) mass is 251 g/mol. The molecule has 0 amide bonds. The van der Waals surface area contributed by atoms with E-state index in [9.17, 15) is 0 Å².